The fraction of sp³-hybridized carbons (Fsp3) is 0. The van der Waals surface area contributed by atoms with Crippen molar-refractivity contribution in [1.82, 2.24) is 0 Å². The highest BCUT2D eigenvalue weighted by molar-refractivity contribution is 7.17. The minimum absolute atomic E-state index is 0.403. The first-order valence-corrected chi connectivity index (χ1v) is 4.52. The maximum Gasteiger partial charge on any atom is 0.511 e. The molecule has 2 aromatic rings. The first-order valence-electron chi connectivity index (χ1n) is 3.64. The Morgan fingerprint density at radius 3 is 3.00 bits per heavy atom. The third kappa shape index (κ3) is 1.48. The van der Waals surface area contributed by atoms with Crippen molar-refractivity contribution in [2.24, 2.45) is 0 Å². The Morgan fingerprint density at radius 2 is 2.23 bits per heavy atom. The van der Waals surface area contributed by atoms with Crippen LogP contribution in [0.25, 0.3) is 10.1 Å². The fourth-order valence-corrected chi connectivity index (χ4v) is 1.99. The van der Waals surface area contributed by atoms with E-state index in [1.54, 1.807) is 12.1 Å². The van der Waals surface area contributed by atoms with E-state index in [9.17, 15) is 4.79 Å². The van der Waals surface area contributed by atoms with E-state index in [2.05, 4.69) is 4.74 Å². The summed E-state index contributed by atoms with van der Waals surface area (Å²) >= 11 is 1.47. The highest BCUT2D eigenvalue weighted by atomic mass is 32.1. The topological polar surface area (TPSA) is 46.5 Å². The molecular weight excluding hydrogens is 188 g/mol. The average molecular weight is 194 g/mol. The second kappa shape index (κ2) is 3.06. The van der Waals surface area contributed by atoms with Crippen molar-refractivity contribution in [3.8, 4) is 5.75 Å². The highest BCUT2D eigenvalue weighted by Gasteiger charge is 2.06. The van der Waals surface area contributed by atoms with Crippen LogP contribution in [0, 0.1) is 0 Å². The number of thiophene rings is 1. The molecule has 2 rings (SSSR count). The molecule has 66 valence electrons. The van der Waals surface area contributed by atoms with Gasteiger partial charge in [-0.05, 0) is 22.9 Å². The molecule has 1 N–H and O–H groups in total. The predicted octanol–water partition coefficient (Wildman–Crippen LogP) is 2.96. The average Bonchev–Trinajstić information content (AvgIpc) is 2.51. The second-order valence-electron chi connectivity index (χ2n) is 2.46. The Kier molecular flexibility index (Phi) is 1.90. The van der Waals surface area contributed by atoms with E-state index in [1.807, 2.05) is 17.5 Å². The van der Waals surface area contributed by atoms with Gasteiger partial charge in [0, 0.05) is 0 Å². The van der Waals surface area contributed by atoms with Gasteiger partial charge < -0.3 is 9.84 Å². The number of carbonyl (C=O) groups is 1. The Hall–Kier alpha value is -1.55. The molecule has 0 aliphatic heterocycles. The smallest absolute Gasteiger partial charge is 0.449 e. The first-order chi connectivity index (χ1) is 6.27. The lowest BCUT2D eigenvalue weighted by Crippen LogP contribution is -2.02. The van der Waals surface area contributed by atoms with Gasteiger partial charge in [-0.2, -0.15) is 0 Å². The fourth-order valence-electron chi connectivity index (χ4n) is 1.14. The zero-order valence-corrected chi connectivity index (χ0v) is 7.38. The van der Waals surface area contributed by atoms with Crippen LogP contribution in [0.1, 0.15) is 0 Å². The molecule has 3 nitrogen and oxygen atoms in total. The molecule has 0 saturated heterocycles. The summed E-state index contributed by atoms with van der Waals surface area (Å²) in [7, 11) is 0. The molecule has 0 saturated carbocycles. The van der Waals surface area contributed by atoms with E-state index in [0.29, 0.717) is 5.75 Å². The summed E-state index contributed by atoms with van der Waals surface area (Å²) in [5.74, 6) is 0.403. The summed E-state index contributed by atoms with van der Waals surface area (Å²) in [6.45, 7) is 0. The Labute approximate surface area is 78.2 Å². The lowest BCUT2D eigenvalue weighted by atomic mass is 10.2. The zero-order valence-electron chi connectivity index (χ0n) is 6.56. The lowest BCUT2D eigenvalue weighted by molar-refractivity contribution is 0.145. The summed E-state index contributed by atoms with van der Waals surface area (Å²) in [4.78, 5) is 10.3. The van der Waals surface area contributed by atoms with E-state index in [-0.39, 0.29) is 0 Å². The maximum absolute atomic E-state index is 10.3. The van der Waals surface area contributed by atoms with Crippen LogP contribution in [-0.4, -0.2) is 11.3 Å². The molecule has 0 radical (unpaired) electrons. The number of fused-ring (bicyclic) bond motifs is 1. The van der Waals surface area contributed by atoms with Crippen LogP contribution in [0.2, 0.25) is 0 Å². The number of hydrogen-bond donors (Lipinski definition) is 1. The van der Waals surface area contributed by atoms with Crippen molar-refractivity contribution in [3.63, 3.8) is 0 Å². The van der Waals surface area contributed by atoms with Crippen LogP contribution in [0.5, 0.6) is 5.75 Å². The summed E-state index contributed by atoms with van der Waals surface area (Å²) in [5, 5.41) is 11.4. The summed E-state index contributed by atoms with van der Waals surface area (Å²) in [5.41, 5.74) is 0. The molecule has 1 aromatic heterocycles. The first kappa shape index (κ1) is 8.07. The van der Waals surface area contributed by atoms with Gasteiger partial charge in [-0.15, -0.1) is 11.3 Å². The minimum Gasteiger partial charge on any atom is -0.449 e. The summed E-state index contributed by atoms with van der Waals surface area (Å²) < 4.78 is 5.48. The van der Waals surface area contributed by atoms with Crippen LogP contribution < -0.4 is 4.74 Å². The van der Waals surface area contributed by atoms with Gasteiger partial charge in [0.2, 0.25) is 0 Å². The standard InChI is InChI=1S/C9H6O3S/c10-9(11)12-7-3-1-2-6-4-5-13-8(6)7/h1-5H,(H,10,11). The van der Waals surface area contributed by atoms with Gasteiger partial charge >= 0.3 is 6.16 Å². The van der Waals surface area contributed by atoms with Gasteiger partial charge in [0.05, 0.1) is 4.70 Å². The number of benzene rings is 1. The van der Waals surface area contributed by atoms with E-state index in [1.165, 1.54) is 11.3 Å². The van der Waals surface area contributed by atoms with E-state index >= 15 is 0 Å². The quantitative estimate of drug-likeness (QED) is 0.560. The van der Waals surface area contributed by atoms with Gasteiger partial charge in [0.15, 0.2) is 5.75 Å². The van der Waals surface area contributed by atoms with Gasteiger partial charge in [0.1, 0.15) is 0 Å². The molecule has 0 bridgehead atoms. The maximum atomic E-state index is 10.3. The molecule has 4 heteroatoms. The molecule has 0 aliphatic rings. The van der Waals surface area contributed by atoms with Crippen molar-refractivity contribution in [2.45, 2.75) is 0 Å². The van der Waals surface area contributed by atoms with Crippen LogP contribution in [0.4, 0.5) is 4.79 Å². The molecular formula is C9H6O3S. The van der Waals surface area contributed by atoms with Gasteiger partial charge in [-0.3, -0.25) is 0 Å². The molecule has 0 fully saturated rings. The normalized spacial score (nSPS) is 10.2. The van der Waals surface area contributed by atoms with Crippen molar-refractivity contribution < 1.29 is 14.6 Å². The van der Waals surface area contributed by atoms with Gasteiger partial charge in [-0.1, -0.05) is 12.1 Å². The molecule has 0 aliphatic carbocycles. The van der Waals surface area contributed by atoms with Crippen LogP contribution in [0.3, 0.4) is 0 Å². The Morgan fingerprint density at radius 1 is 1.38 bits per heavy atom. The molecule has 13 heavy (non-hydrogen) atoms. The monoisotopic (exact) mass is 194 g/mol. The molecule has 1 aromatic carbocycles. The van der Waals surface area contributed by atoms with Crippen molar-refractivity contribution in [3.05, 3.63) is 29.6 Å². The summed E-state index contributed by atoms with van der Waals surface area (Å²) in [6, 6.07) is 7.26. The number of hydrogen-bond acceptors (Lipinski definition) is 3. The second-order valence-corrected chi connectivity index (χ2v) is 3.38. The molecule has 0 unspecified atom stereocenters. The molecule has 1 heterocycles. The molecule has 0 amide bonds. The number of rotatable bonds is 1. The van der Waals surface area contributed by atoms with Crippen LogP contribution in [0.15, 0.2) is 29.6 Å². The zero-order chi connectivity index (χ0) is 9.26. The Balaban J connectivity index is 2.54. The third-order valence-electron chi connectivity index (χ3n) is 1.64. The molecule has 0 spiro atoms. The van der Waals surface area contributed by atoms with Crippen molar-refractivity contribution >= 4 is 27.6 Å². The predicted molar refractivity (Wildman–Crippen MR) is 50.5 cm³/mol. The van der Waals surface area contributed by atoms with E-state index in [4.69, 9.17) is 5.11 Å². The highest BCUT2D eigenvalue weighted by Crippen LogP contribution is 2.30. The van der Waals surface area contributed by atoms with Gasteiger partial charge in [-0.25, -0.2) is 4.79 Å². The van der Waals surface area contributed by atoms with Crippen molar-refractivity contribution in [1.29, 1.82) is 0 Å². The SMILES string of the molecule is O=C(O)Oc1cccc2ccsc12. The van der Waals surface area contributed by atoms with Crippen molar-refractivity contribution in [2.75, 3.05) is 0 Å². The summed E-state index contributed by atoms with van der Waals surface area (Å²) in [6.07, 6.45) is -1.28. The molecule has 0 atom stereocenters. The third-order valence-corrected chi connectivity index (χ3v) is 2.58. The number of ether oxygens (including phenoxy) is 1. The van der Waals surface area contributed by atoms with Crippen LogP contribution >= 0.6 is 11.3 Å². The Bertz CT molecular complexity index is 447. The minimum atomic E-state index is -1.28. The van der Waals surface area contributed by atoms with E-state index < -0.39 is 6.16 Å². The lowest BCUT2D eigenvalue weighted by Gasteiger charge is -1.99. The van der Waals surface area contributed by atoms with Crippen LogP contribution in [-0.2, 0) is 0 Å². The number of carboxylic acid groups (broad SMARTS) is 1. The van der Waals surface area contributed by atoms with Gasteiger partial charge in [0.25, 0.3) is 0 Å². The van der Waals surface area contributed by atoms with E-state index in [0.717, 1.165) is 10.1 Å². The largest absolute Gasteiger partial charge is 0.511 e.